The van der Waals surface area contributed by atoms with Gasteiger partial charge in [-0.1, -0.05) is 13.3 Å². The highest BCUT2D eigenvalue weighted by atomic mass is 35.5. The van der Waals surface area contributed by atoms with E-state index in [1.807, 2.05) is 0 Å². The number of carbonyl (C=O) groups is 1. The molecule has 11 heteroatoms. The van der Waals surface area contributed by atoms with Gasteiger partial charge < -0.3 is 9.47 Å². The topological polar surface area (TPSA) is 118 Å². The molecule has 1 saturated carbocycles. The molecular formula is C25H36ClN3O6S. The van der Waals surface area contributed by atoms with Gasteiger partial charge in [-0.3, -0.25) is 15.0 Å². The number of hydrogen-bond donors (Lipinski definition) is 2. The fourth-order valence-corrected chi connectivity index (χ4v) is 6.13. The number of halogens is 1. The van der Waals surface area contributed by atoms with Gasteiger partial charge >= 0.3 is 0 Å². The molecule has 0 unspecified atom stereocenters. The molecule has 3 rings (SSSR count). The summed E-state index contributed by atoms with van der Waals surface area (Å²) in [6.45, 7) is 2.77. The number of rotatable bonds is 12. The van der Waals surface area contributed by atoms with Gasteiger partial charge in [0.1, 0.15) is 11.8 Å². The molecule has 200 valence electrons. The highest BCUT2D eigenvalue weighted by Crippen LogP contribution is 2.34. The highest BCUT2D eigenvalue weighted by molar-refractivity contribution is 7.89. The summed E-state index contributed by atoms with van der Waals surface area (Å²) in [5.41, 5.74) is 2.40. The van der Waals surface area contributed by atoms with Crippen molar-refractivity contribution in [1.29, 1.82) is 0 Å². The first-order chi connectivity index (χ1) is 16.9. The van der Waals surface area contributed by atoms with Crippen LogP contribution >= 0.6 is 12.4 Å². The average Bonchev–Trinajstić information content (AvgIpc) is 2.89. The van der Waals surface area contributed by atoms with Crippen molar-refractivity contribution in [2.75, 3.05) is 13.7 Å². The third-order valence-electron chi connectivity index (χ3n) is 6.46. The van der Waals surface area contributed by atoms with Crippen LogP contribution in [0.15, 0.2) is 53.7 Å². The lowest BCUT2D eigenvalue weighted by Crippen LogP contribution is -2.53. The fourth-order valence-electron chi connectivity index (χ4n) is 4.50. The third-order valence-corrected chi connectivity index (χ3v) is 8.30. The molecule has 1 heterocycles. The first-order valence-electron chi connectivity index (χ1n) is 12.0. The molecule has 0 aliphatic heterocycles. The quantitative estimate of drug-likeness (QED) is 0.237. The molecule has 1 aromatic heterocycles. The molecule has 36 heavy (non-hydrogen) atoms. The van der Waals surface area contributed by atoms with Crippen molar-refractivity contribution >= 4 is 28.3 Å². The van der Waals surface area contributed by atoms with E-state index in [0.717, 1.165) is 25.7 Å². The summed E-state index contributed by atoms with van der Waals surface area (Å²) in [5, 5.41) is 9.58. The Labute approximate surface area is 219 Å². The number of ether oxygens (including phenoxy) is 2. The van der Waals surface area contributed by atoms with E-state index in [2.05, 4.69) is 11.9 Å². The van der Waals surface area contributed by atoms with E-state index in [-0.39, 0.29) is 35.9 Å². The van der Waals surface area contributed by atoms with Crippen molar-refractivity contribution in [2.24, 2.45) is 5.92 Å². The molecule has 0 spiro atoms. The predicted octanol–water partition coefficient (Wildman–Crippen LogP) is 3.95. The van der Waals surface area contributed by atoms with Crippen molar-refractivity contribution in [3.8, 4) is 5.75 Å². The molecule has 1 aromatic carbocycles. The maximum absolute atomic E-state index is 13.9. The van der Waals surface area contributed by atoms with Gasteiger partial charge in [0.25, 0.3) is 5.91 Å². The van der Waals surface area contributed by atoms with E-state index >= 15 is 0 Å². The van der Waals surface area contributed by atoms with Crippen molar-refractivity contribution in [3.63, 3.8) is 0 Å². The molecule has 9 nitrogen and oxygen atoms in total. The van der Waals surface area contributed by atoms with E-state index in [4.69, 9.17) is 9.47 Å². The summed E-state index contributed by atoms with van der Waals surface area (Å²) in [6.07, 6.45) is 7.99. The Balaban J connectivity index is 0.00000456. The van der Waals surface area contributed by atoms with Gasteiger partial charge in [-0.05, 0) is 80.0 Å². The van der Waals surface area contributed by atoms with Gasteiger partial charge in [0.15, 0.2) is 0 Å². The van der Waals surface area contributed by atoms with Crippen LogP contribution in [0.25, 0.3) is 0 Å². The predicted molar refractivity (Wildman–Crippen MR) is 138 cm³/mol. The smallest absolute Gasteiger partial charge is 0.262 e. The van der Waals surface area contributed by atoms with Crippen molar-refractivity contribution in [3.05, 3.63) is 54.4 Å². The van der Waals surface area contributed by atoms with Gasteiger partial charge in [0.05, 0.1) is 18.1 Å². The van der Waals surface area contributed by atoms with Crippen LogP contribution in [-0.2, 0) is 26.1 Å². The molecule has 1 aliphatic rings. The van der Waals surface area contributed by atoms with Gasteiger partial charge in [-0.2, -0.15) is 4.31 Å². The van der Waals surface area contributed by atoms with Crippen LogP contribution in [0.4, 0.5) is 0 Å². The number of pyridine rings is 1. The van der Waals surface area contributed by atoms with Crippen LogP contribution in [0, 0.1) is 5.92 Å². The Morgan fingerprint density at radius 1 is 1.14 bits per heavy atom. The average molecular weight is 542 g/mol. The van der Waals surface area contributed by atoms with E-state index < -0.39 is 22.0 Å². The zero-order valence-electron chi connectivity index (χ0n) is 20.7. The lowest BCUT2D eigenvalue weighted by atomic mass is 9.82. The molecule has 0 radical (unpaired) electrons. The van der Waals surface area contributed by atoms with Crippen LogP contribution < -0.4 is 10.2 Å². The maximum atomic E-state index is 13.9. The first kappa shape index (κ1) is 30.0. The number of hydrogen-bond acceptors (Lipinski definition) is 7. The van der Waals surface area contributed by atoms with E-state index in [9.17, 15) is 18.4 Å². The number of carbonyl (C=O) groups excluding carboxylic acids is 1. The minimum absolute atomic E-state index is 0. The molecule has 0 bridgehead atoms. The summed E-state index contributed by atoms with van der Waals surface area (Å²) in [5.74, 6) is -0.495. The zero-order chi connectivity index (χ0) is 25.3. The molecule has 2 aromatic rings. The van der Waals surface area contributed by atoms with Crippen LogP contribution in [0.5, 0.6) is 5.75 Å². The van der Waals surface area contributed by atoms with E-state index in [1.54, 1.807) is 42.1 Å². The Morgan fingerprint density at radius 2 is 1.78 bits per heavy atom. The van der Waals surface area contributed by atoms with Gasteiger partial charge in [0.2, 0.25) is 10.0 Å². The Bertz CT molecular complexity index is 1030. The fraction of sp³-hybridized carbons (Fsp3) is 0.520. The minimum atomic E-state index is -4.10. The monoisotopic (exact) mass is 541 g/mol. The summed E-state index contributed by atoms with van der Waals surface area (Å²) in [4.78, 5) is 17.0. The van der Waals surface area contributed by atoms with Crippen molar-refractivity contribution in [1.82, 2.24) is 14.8 Å². The second-order valence-corrected chi connectivity index (χ2v) is 10.7. The Morgan fingerprint density at radius 3 is 2.33 bits per heavy atom. The molecular weight excluding hydrogens is 506 g/mol. The normalized spacial score (nSPS) is 18.8. The third kappa shape index (κ3) is 7.63. The lowest BCUT2D eigenvalue weighted by Gasteiger charge is -2.38. The van der Waals surface area contributed by atoms with Gasteiger partial charge in [0, 0.05) is 25.5 Å². The minimum Gasteiger partial charge on any atom is -0.497 e. The number of methoxy groups -OCH3 is 1. The summed E-state index contributed by atoms with van der Waals surface area (Å²) >= 11 is 0. The first-order valence-corrected chi connectivity index (χ1v) is 13.4. The van der Waals surface area contributed by atoms with E-state index in [1.165, 1.54) is 23.5 Å². The second-order valence-electron chi connectivity index (χ2n) is 8.76. The molecule has 1 atom stereocenters. The molecule has 1 amide bonds. The maximum Gasteiger partial charge on any atom is 0.262 e. The van der Waals surface area contributed by atoms with Crippen molar-refractivity contribution < 1.29 is 27.9 Å². The second kappa shape index (κ2) is 14.5. The number of unbranched alkanes of at least 4 members (excludes halogenated alkanes) is 1. The number of amides is 1. The SMILES string of the molecule is CCCCO[C@H]1CC[C@H]([C@H](C(=O)NO)N(Cc2ccncc2)S(=O)(=O)c2ccc(OC)cc2)CC1.Cl. The van der Waals surface area contributed by atoms with Crippen LogP contribution in [0.1, 0.15) is 51.0 Å². The molecule has 1 aliphatic carbocycles. The van der Waals surface area contributed by atoms with Gasteiger partial charge in [-0.15, -0.1) is 12.4 Å². The number of hydroxylamine groups is 1. The number of benzene rings is 1. The lowest BCUT2D eigenvalue weighted by molar-refractivity contribution is -0.136. The summed E-state index contributed by atoms with van der Waals surface area (Å²) < 4.78 is 40.0. The van der Waals surface area contributed by atoms with Crippen molar-refractivity contribution in [2.45, 2.75) is 69.0 Å². The Hall–Kier alpha value is -2.24. The summed E-state index contributed by atoms with van der Waals surface area (Å²) in [7, 11) is -2.60. The molecule has 0 saturated heterocycles. The zero-order valence-corrected chi connectivity index (χ0v) is 22.3. The van der Waals surface area contributed by atoms with Crippen LogP contribution in [0.2, 0.25) is 0 Å². The number of nitrogens with zero attached hydrogens (tertiary/aromatic N) is 2. The molecule has 1 fully saturated rings. The number of aromatic nitrogens is 1. The van der Waals surface area contributed by atoms with Crippen LogP contribution in [0.3, 0.4) is 0 Å². The van der Waals surface area contributed by atoms with E-state index in [0.29, 0.717) is 30.8 Å². The van der Waals surface area contributed by atoms with Gasteiger partial charge in [-0.25, -0.2) is 13.9 Å². The highest BCUT2D eigenvalue weighted by Gasteiger charge is 2.42. The summed E-state index contributed by atoms with van der Waals surface area (Å²) in [6, 6.07) is 8.39. The van der Waals surface area contributed by atoms with Crippen LogP contribution in [-0.4, -0.2) is 54.7 Å². The number of sulfonamides is 1. The molecule has 2 N–H and O–H groups in total. The number of nitrogens with one attached hydrogen (secondary N) is 1. The standard InChI is InChI=1S/C25H35N3O6S.ClH/c1-3-4-17-34-22-7-5-20(6-8-22)24(25(29)27-30)28(18-19-13-15-26-16-14-19)35(31,32)23-11-9-21(33-2)10-12-23;/h9-16,20,22,24,30H,3-8,17-18H2,1-2H3,(H,27,29);1H/t20-,22-,24-;/m1./s1. The largest absolute Gasteiger partial charge is 0.497 e. The Kier molecular flexibility index (Phi) is 12.1.